The molecule has 6 heteroatoms. The third kappa shape index (κ3) is 4.26. The summed E-state index contributed by atoms with van der Waals surface area (Å²) in [6, 6.07) is 1.67. The summed E-state index contributed by atoms with van der Waals surface area (Å²) in [6.45, 7) is 3.79. The summed E-state index contributed by atoms with van der Waals surface area (Å²) >= 11 is 0. The first-order valence-electron chi connectivity index (χ1n) is 5.34. The van der Waals surface area contributed by atoms with Crippen LogP contribution in [0.3, 0.4) is 0 Å². The van der Waals surface area contributed by atoms with Crippen LogP contribution in [0.1, 0.15) is 12.6 Å². The fourth-order valence-electron chi connectivity index (χ4n) is 1.13. The highest BCUT2D eigenvalue weighted by Gasteiger charge is 2.07. The molecule has 0 aliphatic carbocycles. The molecule has 1 heterocycles. The van der Waals surface area contributed by atoms with Crippen molar-refractivity contribution in [3.63, 3.8) is 0 Å². The minimum atomic E-state index is -0.407. The summed E-state index contributed by atoms with van der Waals surface area (Å²) in [6.07, 6.45) is 0. The SMILES string of the molecule is CCOC(=O)COc1cc(C)nc(N(C)C)n1. The Balaban J connectivity index is 2.68. The molecule has 0 aromatic carbocycles. The second-order valence-electron chi connectivity index (χ2n) is 3.64. The molecule has 0 atom stereocenters. The zero-order valence-corrected chi connectivity index (χ0v) is 10.6. The Kier molecular flexibility index (Phi) is 4.68. The van der Waals surface area contributed by atoms with Gasteiger partial charge in [-0.3, -0.25) is 0 Å². The zero-order valence-electron chi connectivity index (χ0n) is 10.6. The number of esters is 1. The maximum Gasteiger partial charge on any atom is 0.344 e. The van der Waals surface area contributed by atoms with E-state index in [9.17, 15) is 4.79 Å². The van der Waals surface area contributed by atoms with Crippen molar-refractivity contribution >= 4 is 11.9 Å². The molecule has 6 nitrogen and oxygen atoms in total. The van der Waals surface area contributed by atoms with Crippen LogP contribution in [0.4, 0.5) is 5.95 Å². The average molecular weight is 239 g/mol. The molecule has 1 aromatic rings. The third-order valence-corrected chi connectivity index (χ3v) is 1.86. The van der Waals surface area contributed by atoms with E-state index in [1.807, 2.05) is 21.0 Å². The Bertz CT molecular complexity index is 394. The van der Waals surface area contributed by atoms with E-state index < -0.39 is 5.97 Å². The highest BCUT2D eigenvalue weighted by molar-refractivity contribution is 5.70. The van der Waals surface area contributed by atoms with Gasteiger partial charge in [0, 0.05) is 25.9 Å². The number of hydrogen-bond acceptors (Lipinski definition) is 6. The molecule has 94 valence electrons. The van der Waals surface area contributed by atoms with Crippen molar-refractivity contribution in [2.24, 2.45) is 0 Å². The number of carbonyl (C=O) groups is 1. The quantitative estimate of drug-likeness (QED) is 0.708. The molecule has 1 rings (SSSR count). The van der Waals surface area contributed by atoms with E-state index in [0.29, 0.717) is 18.4 Å². The second-order valence-corrected chi connectivity index (χ2v) is 3.64. The van der Waals surface area contributed by atoms with E-state index in [0.717, 1.165) is 5.69 Å². The van der Waals surface area contributed by atoms with Crippen molar-refractivity contribution in [3.05, 3.63) is 11.8 Å². The van der Waals surface area contributed by atoms with E-state index in [-0.39, 0.29) is 6.61 Å². The molecule has 0 aliphatic rings. The maximum atomic E-state index is 11.1. The van der Waals surface area contributed by atoms with Crippen LogP contribution in [0.15, 0.2) is 6.07 Å². The van der Waals surface area contributed by atoms with Crippen molar-refractivity contribution in [1.82, 2.24) is 9.97 Å². The number of rotatable bonds is 5. The molecule has 0 radical (unpaired) electrons. The molecule has 0 saturated carbocycles. The molecule has 0 aliphatic heterocycles. The van der Waals surface area contributed by atoms with Gasteiger partial charge < -0.3 is 14.4 Å². The van der Waals surface area contributed by atoms with Crippen LogP contribution in [0, 0.1) is 6.92 Å². The molecule has 1 aromatic heterocycles. The van der Waals surface area contributed by atoms with Crippen molar-refractivity contribution in [2.75, 3.05) is 32.2 Å². The summed E-state index contributed by atoms with van der Waals surface area (Å²) in [5.41, 5.74) is 0.780. The predicted molar refractivity (Wildman–Crippen MR) is 63.2 cm³/mol. The smallest absolute Gasteiger partial charge is 0.344 e. The normalized spacial score (nSPS) is 9.88. The van der Waals surface area contributed by atoms with Gasteiger partial charge in [-0.2, -0.15) is 4.98 Å². The number of aryl methyl sites for hydroxylation is 1. The van der Waals surface area contributed by atoms with Gasteiger partial charge in [0.1, 0.15) is 0 Å². The molecule has 0 saturated heterocycles. The zero-order chi connectivity index (χ0) is 12.8. The molecule has 0 amide bonds. The number of hydrogen-bond donors (Lipinski definition) is 0. The lowest BCUT2D eigenvalue weighted by molar-refractivity contribution is -0.145. The summed E-state index contributed by atoms with van der Waals surface area (Å²) < 4.78 is 9.99. The van der Waals surface area contributed by atoms with Gasteiger partial charge in [0.05, 0.1) is 6.61 Å². The third-order valence-electron chi connectivity index (χ3n) is 1.86. The Morgan fingerprint density at radius 3 is 2.71 bits per heavy atom. The summed E-state index contributed by atoms with van der Waals surface area (Å²) in [5.74, 6) is 0.508. The van der Waals surface area contributed by atoms with Crippen molar-refractivity contribution in [2.45, 2.75) is 13.8 Å². The highest BCUT2D eigenvalue weighted by atomic mass is 16.6. The topological polar surface area (TPSA) is 64.6 Å². The van der Waals surface area contributed by atoms with Gasteiger partial charge in [0.25, 0.3) is 0 Å². The molecule has 0 spiro atoms. The summed E-state index contributed by atoms with van der Waals surface area (Å²) in [4.78, 5) is 21.3. The minimum Gasteiger partial charge on any atom is -0.466 e. The van der Waals surface area contributed by atoms with Crippen LogP contribution in [-0.2, 0) is 9.53 Å². The molecular weight excluding hydrogens is 222 g/mol. The van der Waals surface area contributed by atoms with E-state index in [2.05, 4.69) is 9.97 Å². The van der Waals surface area contributed by atoms with Gasteiger partial charge in [-0.25, -0.2) is 9.78 Å². The van der Waals surface area contributed by atoms with Gasteiger partial charge in [0.2, 0.25) is 11.8 Å². The van der Waals surface area contributed by atoms with Crippen molar-refractivity contribution in [1.29, 1.82) is 0 Å². The van der Waals surface area contributed by atoms with E-state index in [1.54, 1.807) is 17.9 Å². The number of carbonyl (C=O) groups excluding carboxylic acids is 1. The number of anilines is 1. The molecular formula is C11H17N3O3. The van der Waals surface area contributed by atoms with Crippen LogP contribution in [0.2, 0.25) is 0 Å². The van der Waals surface area contributed by atoms with E-state index in [4.69, 9.17) is 9.47 Å². The van der Waals surface area contributed by atoms with Crippen LogP contribution in [0.25, 0.3) is 0 Å². The lowest BCUT2D eigenvalue weighted by Gasteiger charge is -2.12. The van der Waals surface area contributed by atoms with Gasteiger partial charge >= 0.3 is 5.97 Å². The van der Waals surface area contributed by atoms with Crippen LogP contribution < -0.4 is 9.64 Å². The van der Waals surface area contributed by atoms with Crippen LogP contribution in [-0.4, -0.2) is 43.2 Å². The number of ether oxygens (including phenoxy) is 2. The first kappa shape index (κ1) is 13.2. The number of aromatic nitrogens is 2. The van der Waals surface area contributed by atoms with E-state index in [1.165, 1.54) is 0 Å². The molecule has 0 N–H and O–H groups in total. The number of nitrogens with zero attached hydrogens (tertiary/aromatic N) is 3. The lowest BCUT2D eigenvalue weighted by atomic mass is 10.4. The standard InChI is InChI=1S/C11H17N3O3/c1-5-16-10(15)7-17-9-6-8(2)12-11(13-9)14(3)4/h6H,5,7H2,1-4H3. The van der Waals surface area contributed by atoms with E-state index >= 15 is 0 Å². The molecule has 0 bridgehead atoms. The fourth-order valence-corrected chi connectivity index (χ4v) is 1.13. The van der Waals surface area contributed by atoms with Crippen molar-refractivity contribution < 1.29 is 14.3 Å². The summed E-state index contributed by atoms with van der Waals surface area (Å²) in [7, 11) is 3.67. The maximum absolute atomic E-state index is 11.1. The Hall–Kier alpha value is -1.85. The Morgan fingerprint density at radius 1 is 1.41 bits per heavy atom. The Labute approximate surface area is 101 Å². The first-order chi connectivity index (χ1) is 8.02. The molecule has 17 heavy (non-hydrogen) atoms. The average Bonchev–Trinajstić information content (AvgIpc) is 2.26. The minimum absolute atomic E-state index is 0.142. The van der Waals surface area contributed by atoms with Crippen LogP contribution in [0.5, 0.6) is 5.88 Å². The Morgan fingerprint density at radius 2 is 2.12 bits per heavy atom. The van der Waals surface area contributed by atoms with Gasteiger partial charge in [0.15, 0.2) is 6.61 Å². The van der Waals surface area contributed by atoms with Gasteiger partial charge in [-0.05, 0) is 13.8 Å². The largest absolute Gasteiger partial charge is 0.466 e. The molecule has 0 fully saturated rings. The predicted octanol–water partition coefficient (Wildman–Crippen LogP) is 0.793. The van der Waals surface area contributed by atoms with Crippen LogP contribution >= 0.6 is 0 Å². The summed E-state index contributed by atoms with van der Waals surface area (Å²) in [5, 5.41) is 0. The molecule has 0 unspecified atom stereocenters. The van der Waals surface area contributed by atoms with Gasteiger partial charge in [-0.1, -0.05) is 0 Å². The first-order valence-corrected chi connectivity index (χ1v) is 5.34. The lowest BCUT2D eigenvalue weighted by Crippen LogP contribution is -2.17. The highest BCUT2D eigenvalue weighted by Crippen LogP contribution is 2.13. The second kappa shape index (κ2) is 6.03. The fraction of sp³-hybridized carbons (Fsp3) is 0.545. The van der Waals surface area contributed by atoms with Gasteiger partial charge in [-0.15, -0.1) is 0 Å². The monoisotopic (exact) mass is 239 g/mol. The van der Waals surface area contributed by atoms with Crippen molar-refractivity contribution in [3.8, 4) is 5.88 Å².